The zero-order chi connectivity index (χ0) is 22.5. The first-order valence-electron chi connectivity index (χ1n) is 10.0. The summed E-state index contributed by atoms with van der Waals surface area (Å²) in [5.74, 6) is -0.341. The Morgan fingerprint density at radius 1 is 1.07 bits per heavy atom. The van der Waals surface area contributed by atoms with Crippen LogP contribution in [0.3, 0.4) is 0 Å². The number of aryl methyl sites for hydroxylation is 2. The smallest absolute Gasteiger partial charge is 0.261 e. The number of hydrogen-bond acceptors (Lipinski definition) is 3. The van der Waals surface area contributed by atoms with Gasteiger partial charge in [0.15, 0.2) is 6.61 Å². The van der Waals surface area contributed by atoms with Crippen LogP contribution < -0.4 is 10.1 Å². The lowest BCUT2D eigenvalue weighted by Crippen LogP contribution is -2.53. The van der Waals surface area contributed by atoms with E-state index in [1.165, 1.54) is 17.0 Å². The highest BCUT2D eigenvalue weighted by Gasteiger charge is 2.28. The Morgan fingerprint density at radius 2 is 1.70 bits per heavy atom. The fourth-order valence-electron chi connectivity index (χ4n) is 2.87. The van der Waals surface area contributed by atoms with Crippen LogP contribution in [-0.4, -0.2) is 34.9 Å². The zero-order valence-electron chi connectivity index (χ0n) is 18.6. The third-order valence-electron chi connectivity index (χ3n) is 4.77. The van der Waals surface area contributed by atoms with Crippen molar-refractivity contribution < 1.29 is 18.7 Å². The Morgan fingerprint density at radius 3 is 2.27 bits per heavy atom. The molecule has 0 saturated heterocycles. The van der Waals surface area contributed by atoms with Crippen molar-refractivity contribution in [2.24, 2.45) is 0 Å². The monoisotopic (exact) mass is 414 g/mol. The fourth-order valence-corrected chi connectivity index (χ4v) is 2.87. The lowest BCUT2D eigenvalue weighted by atomic mass is 10.1. The Hall–Kier alpha value is -2.89. The van der Waals surface area contributed by atoms with Gasteiger partial charge >= 0.3 is 0 Å². The van der Waals surface area contributed by atoms with E-state index in [4.69, 9.17) is 4.74 Å². The second-order valence-electron chi connectivity index (χ2n) is 8.60. The van der Waals surface area contributed by atoms with E-state index in [9.17, 15) is 14.0 Å². The van der Waals surface area contributed by atoms with Crippen LogP contribution in [0, 0.1) is 19.7 Å². The molecule has 0 spiro atoms. The molecule has 162 valence electrons. The molecule has 1 unspecified atom stereocenters. The van der Waals surface area contributed by atoms with Crippen LogP contribution in [0.2, 0.25) is 0 Å². The van der Waals surface area contributed by atoms with E-state index in [1.54, 1.807) is 19.1 Å². The van der Waals surface area contributed by atoms with Gasteiger partial charge in [-0.05, 0) is 82.5 Å². The van der Waals surface area contributed by atoms with Crippen molar-refractivity contribution in [3.8, 4) is 5.75 Å². The van der Waals surface area contributed by atoms with Gasteiger partial charge in [-0.3, -0.25) is 9.59 Å². The van der Waals surface area contributed by atoms with Crippen LogP contribution in [0.15, 0.2) is 42.5 Å². The van der Waals surface area contributed by atoms with Gasteiger partial charge in [0, 0.05) is 12.1 Å². The van der Waals surface area contributed by atoms with Crippen molar-refractivity contribution in [1.82, 2.24) is 10.2 Å². The molecule has 5 nitrogen and oxygen atoms in total. The molecular weight excluding hydrogens is 383 g/mol. The second-order valence-corrected chi connectivity index (χ2v) is 8.60. The van der Waals surface area contributed by atoms with Gasteiger partial charge in [0.05, 0.1) is 0 Å². The predicted octanol–water partition coefficient (Wildman–Crippen LogP) is 4.15. The quantitative estimate of drug-likeness (QED) is 0.740. The van der Waals surface area contributed by atoms with Crippen LogP contribution in [0.1, 0.15) is 44.4 Å². The number of halogens is 1. The minimum Gasteiger partial charge on any atom is -0.484 e. The second kappa shape index (κ2) is 9.74. The molecule has 2 rings (SSSR count). The first-order chi connectivity index (χ1) is 14.0. The summed E-state index contributed by atoms with van der Waals surface area (Å²) in [6.07, 6.45) is 0. The first-order valence-corrected chi connectivity index (χ1v) is 10.0. The van der Waals surface area contributed by atoms with Gasteiger partial charge < -0.3 is 15.0 Å². The summed E-state index contributed by atoms with van der Waals surface area (Å²) < 4.78 is 18.9. The number of carbonyl (C=O) groups excluding carboxylic acids is 2. The van der Waals surface area contributed by atoms with E-state index >= 15 is 0 Å². The summed E-state index contributed by atoms with van der Waals surface area (Å²) in [5, 5.41) is 2.90. The summed E-state index contributed by atoms with van der Waals surface area (Å²) in [4.78, 5) is 27.2. The molecule has 0 fully saturated rings. The third kappa shape index (κ3) is 6.87. The Balaban J connectivity index is 2.17. The standard InChI is InChI=1S/C24H31FN2O3/c1-16-7-12-21(13-17(16)2)30-15-22(28)27(14-19-8-10-20(25)11-9-19)18(3)23(29)26-24(4,5)6/h7-13,18H,14-15H2,1-6H3,(H,26,29). The van der Waals surface area contributed by atoms with Crippen molar-refractivity contribution in [3.05, 3.63) is 65.0 Å². The molecule has 0 bridgehead atoms. The number of amides is 2. The van der Waals surface area contributed by atoms with E-state index in [0.29, 0.717) is 5.75 Å². The van der Waals surface area contributed by atoms with Gasteiger partial charge in [0.1, 0.15) is 17.6 Å². The van der Waals surface area contributed by atoms with Gasteiger partial charge in [-0.15, -0.1) is 0 Å². The molecule has 0 radical (unpaired) electrons. The average molecular weight is 415 g/mol. The number of nitrogens with zero attached hydrogens (tertiary/aromatic N) is 1. The highest BCUT2D eigenvalue weighted by molar-refractivity contribution is 5.88. The minimum absolute atomic E-state index is 0.175. The van der Waals surface area contributed by atoms with Crippen molar-refractivity contribution in [3.63, 3.8) is 0 Å². The van der Waals surface area contributed by atoms with Crippen molar-refractivity contribution >= 4 is 11.8 Å². The van der Waals surface area contributed by atoms with Gasteiger partial charge in [0.2, 0.25) is 5.91 Å². The highest BCUT2D eigenvalue weighted by Crippen LogP contribution is 2.17. The molecule has 6 heteroatoms. The van der Waals surface area contributed by atoms with Crippen LogP contribution in [0.5, 0.6) is 5.75 Å². The maximum Gasteiger partial charge on any atom is 0.261 e. The predicted molar refractivity (Wildman–Crippen MR) is 116 cm³/mol. The zero-order valence-corrected chi connectivity index (χ0v) is 18.6. The van der Waals surface area contributed by atoms with Gasteiger partial charge in [-0.25, -0.2) is 4.39 Å². The van der Waals surface area contributed by atoms with Gasteiger partial charge in [0.25, 0.3) is 5.91 Å². The SMILES string of the molecule is Cc1ccc(OCC(=O)N(Cc2ccc(F)cc2)C(C)C(=O)NC(C)(C)C)cc1C. The maximum atomic E-state index is 13.3. The molecular formula is C24H31FN2O3. The highest BCUT2D eigenvalue weighted by atomic mass is 19.1. The van der Waals surface area contributed by atoms with Crippen LogP contribution in [-0.2, 0) is 16.1 Å². The number of carbonyl (C=O) groups is 2. The number of ether oxygens (including phenoxy) is 1. The summed E-state index contributed by atoms with van der Waals surface area (Å²) in [6.45, 7) is 11.3. The molecule has 0 aliphatic rings. The van der Waals surface area contributed by atoms with Crippen molar-refractivity contribution in [2.75, 3.05) is 6.61 Å². The lowest BCUT2D eigenvalue weighted by Gasteiger charge is -2.31. The number of rotatable bonds is 7. The number of nitrogens with one attached hydrogen (secondary N) is 1. The van der Waals surface area contributed by atoms with E-state index in [-0.39, 0.29) is 30.8 Å². The Labute approximate surface area is 178 Å². The van der Waals surface area contributed by atoms with Crippen molar-refractivity contribution in [1.29, 1.82) is 0 Å². The van der Waals surface area contributed by atoms with Crippen LogP contribution in [0.25, 0.3) is 0 Å². The summed E-state index contributed by atoms with van der Waals surface area (Å²) in [6, 6.07) is 10.8. The molecule has 1 atom stereocenters. The lowest BCUT2D eigenvalue weighted by molar-refractivity contribution is -0.142. The summed E-state index contributed by atoms with van der Waals surface area (Å²) in [7, 11) is 0. The molecule has 30 heavy (non-hydrogen) atoms. The summed E-state index contributed by atoms with van der Waals surface area (Å²) in [5.41, 5.74) is 2.51. The molecule has 1 N–H and O–H groups in total. The molecule has 0 saturated carbocycles. The molecule has 0 heterocycles. The fraction of sp³-hybridized carbons (Fsp3) is 0.417. The van der Waals surface area contributed by atoms with E-state index < -0.39 is 11.6 Å². The van der Waals surface area contributed by atoms with Gasteiger partial charge in [-0.1, -0.05) is 18.2 Å². The van der Waals surface area contributed by atoms with Crippen LogP contribution >= 0.6 is 0 Å². The first kappa shape index (κ1) is 23.4. The largest absolute Gasteiger partial charge is 0.484 e. The van der Waals surface area contributed by atoms with E-state index in [0.717, 1.165) is 16.7 Å². The topological polar surface area (TPSA) is 58.6 Å². The number of hydrogen-bond donors (Lipinski definition) is 1. The average Bonchev–Trinajstić information content (AvgIpc) is 2.66. The molecule has 2 amide bonds. The van der Waals surface area contributed by atoms with E-state index in [1.807, 2.05) is 52.8 Å². The van der Waals surface area contributed by atoms with E-state index in [2.05, 4.69) is 5.32 Å². The molecule has 2 aromatic rings. The number of benzene rings is 2. The van der Waals surface area contributed by atoms with Crippen LogP contribution in [0.4, 0.5) is 4.39 Å². The molecule has 2 aromatic carbocycles. The normalized spacial score (nSPS) is 12.2. The maximum absolute atomic E-state index is 13.3. The molecule has 0 aliphatic heterocycles. The third-order valence-corrected chi connectivity index (χ3v) is 4.77. The molecule has 0 aliphatic carbocycles. The Kier molecular flexibility index (Phi) is 7.59. The molecule has 0 aromatic heterocycles. The van der Waals surface area contributed by atoms with Crippen molar-refractivity contribution in [2.45, 2.75) is 59.7 Å². The Bertz CT molecular complexity index is 888. The summed E-state index contributed by atoms with van der Waals surface area (Å²) >= 11 is 0. The van der Waals surface area contributed by atoms with Gasteiger partial charge in [-0.2, -0.15) is 0 Å². The minimum atomic E-state index is -0.717.